The van der Waals surface area contributed by atoms with E-state index in [9.17, 15) is 0 Å². The van der Waals surface area contributed by atoms with Crippen LogP contribution in [0.2, 0.25) is 0 Å². The van der Waals surface area contributed by atoms with Crippen LogP contribution >= 0.6 is 0 Å². The van der Waals surface area contributed by atoms with Crippen LogP contribution in [0.15, 0.2) is 55.1 Å². The van der Waals surface area contributed by atoms with E-state index >= 15 is 0 Å². The molecule has 1 saturated carbocycles. The van der Waals surface area contributed by atoms with Gasteiger partial charge in [0.1, 0.15) is 17.8 Å². The molecule has 2 aromatic carbocycles. The number of rotatable bonds is 5. The van der Waals surface area contributed by atoms with E-state index in [1.54, 1.807) is 6.33 Å². The number of piperazine rings is 1. The fraction of sp³-hybridized carbons (Fsp3) is 0.394. The molecule has 2 aliphatic rings. The molecule has 9 heteroatoms. The number of likely N-dealkylation sites (N-methyl/N-ethyl adjacent to an activating group) is 1. The third-order valence-electron chi connectivity index (χ3n) is 9.26. The Hall–Kier alpha value is -4.08. The molecule has 0 atom stereocenters. The van der Waals surface area contributed by atoms with Gasteiger partial charge in [-0.3, -0.25) is 4.90 Å². The van der Waals surface area contributed by atoms with E-state index < -0.39 is 0 Å². The van der Waals surface area contributed by atoms with Gasteiger partial charge in [-0.15, -0.1) is 0 Å². The Balaban J connectivity index is 1.12. The van der Waals surface area contributed by atoms with Crippen molar-refractivity contribution in [1.29, 1.82) is 0 Å². The van der Waals surface area contributed by atoms with E-state index in [0.29, 0.717) is 23.8 Å². The molecule has 0 unspecified atom stereocenters. The average Bonchev–Trinajstić information content (AvgIpc) is 3.39. The van der Waals surface area contributed by atoms with E-state index in [4.69, 9.17) is 15.7 Å². The number of fused-ring (bicyclic) bond motifs is 2. The van der Waals surface area contributed by atoms with Crippen molar-refractivity contribution >= 4 is 39.4 Å². The lowest BCUT2D eigenvalue weighted by Gasteiger charge is -2.41. The van der Waals surface area contributed by atoms with E-state index in [1.165, 1.54) is 50.1 Å². The SMILES string of the molecule is Cc1cc(C)c2cnc(Nc3ccc(-c4cn([C@H]5CC[C@@H](N6CCN(C)CC6)CC5)c5ncnc(N)c45)cc3)nc2c1. The van der Waals surface area contributed by atoms with E-state index in [-0.39, 0.29) is 0 Å². The molecule has 0 spiro atoms. The summed E-state index contributed by atoms with van der Waals surface area (Å²) in [6.07, 6.45) is 10.5. The molecule has 3 aromatic heterocycles. The second-order valence-electron chi connectivity index (χ2n) is 12.1. The van der Waals surface area contributed by atoms with Gasteiger partial charge in [-0.05, 0) is 81.5 Å². The number of nitrogens with zero attached hydrogens (tertiary/aromatic N) is 7. The predicted molar refractivity (Wildman–Crippen MR) is 170 cm³/mol. The summed E-state index contributed by atoms with van der Waals surface area (Å²) in [6.45, 7) is 8.90. The minimum absolute atomic E-state index is 0.414. The van der Waals surface area contributed by atoms with Crippen molar-refractivity contribution in [3.63, 3.8) is 0 Å². The van der Waals surface area contributed by atoms with Gasteiger partial charge >= 0.3 is 0 Å². The van der Waals surface area contributed by atoms with Gasteiger partial charge in [0.25, 0.3) is 0 Å². The lowest BCUT2D eigenvalue weighted by molar-refractivity contribution is 0.0828. The van der Waals surface area contributed by atoms with Crippen LogP contribution < -0.4 is 11.1 Å². The zero-order valence-electron chi connectivity index (χ0n) is 24.7. The molecule has 4 heterocycles. The minimum atomic E-state index is 0.414. The standard InChI is InChI=1S/C33H39N9/c1-21-16-22(2)27-18-35-33(39-29(27)17-21)38-24-6-4-23(5-7-24)28-19-42(32-30(28)31(34)36-20-37-32)26-10-8-25(9-11-26)41-14-12-40(3)13-15-41/h4-7,16-20,25-26H,8-15H2,1-3H3,(H2,34,36,37)(H,35,38,39)/t25-,26+. The molecule has 3 N–H and O–H groups in total. The quantitative estimate of drug-likeness (QED) is 0.281. The zero-order valence-corrected chi connectivity index (χ0v) is 24.7. The van der Waals surface area contributed by atoms with Gasteiger partial charge in [-0.25, -0.2) is 19.9 Å². The molecule has 0 bridgehead atoms. The highest BCUT2D eigenvalue weighted by atomic mass is 15.3. The van der Waals surface area contributed by atoms with Gasteiger partial charge in [-0.1, -0.05) is 18.2 Å². The summed E-state index contributed by atoms with van der Waals surface area (Å²) in [5, 5.41) is 5.38. The van der Waals surface area contributed by atoms with E-state index in [1.807, 2.05) is 6.20 Å². The highest BCUT2D eigenvalue weighted by molar-refractivity contribution is 6.00. The second-order valence-corrected chi connectivity index (χ2v) is 12.1. The summed E-state index contributed by atoms with van der Waals surface area (Å²) in [4.78, 5) is 23.5. The summed E-state index contributed by atoms with van der Waals surface area (Å²) in [7, 11) is 2.22. The summed E-state index contributed by atoms with van der Waals surface area (Å²) < 4.78 is 2.36. The molecule has 42 heavy (non-hydrogen) atoms. The number of anilines is 3. The van der Waals surface area contributed by atoms with Gasteiger partial charge in [0.05, 0.1) is 10.9 Å². The second kappa shape index (κ2) is 11.0. The van der Waals surface area contributed by atoms with Crippen LogP contribution in [-0.4, -0.2) is 73.6 Å². The molecular weight excluding hydrogens is 522 g/mol. The first kappa shape index (κ1) is 26.8. The lowest BCUT2D eigenvalue weighted by atomic mass is 9.89. The van der Waals surface area contributed by atoms with Gasteiger partial charge in [0, 0.05) is 67.3 Å². The topological polar surface area (TPSA) is 101 Å². The summed E-state index contributed by atoms with van der Waals surface area (Å²) in [6, 6.07) is 13.7. The average molecular weight is 562 g/mol. The van der Waals surface area contributed by atoms with Gasteiger partial charge < -0.3 is 20.5 Å². The maximum atomic E-state index is 6.46. The van der Waals surface area contributed by atoms with Crippen molar-refractivity contribution in [3.8, 4) is 11.1 Å². The van der Waals surface area contributed by atoms with Gasteiger partial charge in [-0.2, -0.15) is 0 Å². The number of nitrogens with two attached hydrogens (primary N) is 1. The largest absolute Gasteiger partial charge is 0.383 e. The van der Waals surface area contributed by atoms with Crippen LogP contribution in [0.5, 0.6) is 0 Å². The van der Waals surface area contributed by atoms with Crippen molar-refractivity contribution < 1.29 is 0 Å². The molecule has 9 nitrogen and oxygen atoms in total. The molecule has 1 aliphatic carbocycles. The number of benzene rings is 2. The molecule has 1 aliphatic heterocycles. The van der Waals surface area contributed by atoms with Gasteiger partial charge in [0.15, 0.2) is 0 Å². The molecule has 1 saturated heterocycles. The number of aromatic nitrogens is 5. The Morgan fingerprint density at radius 1 is 0.881 bits per heavy atom. The Morgan fingerprint density at radius 2 is 1.62 bits per heavy atom. The van der Waals surface area contributed by atoms with Crippen molar-refractivity contribution in [2.24, 2.45) is 0 Å². The van der Waals surface area contributed by atoms with Crippen molar-refractivity contribution in [2.75, 3.05) is 44.3 Å². The number of nitrogens with one attached hydrogen (secondary N) is 1. The maximum Gasteiger partial charge on any atom is 0.227 e. The number of hydrogen-bond donors (Lipinski definition) is 2. The fourth-order valence-corrected chi connectivity index (χ4v) is 6.90. The first-order chi connectivity index (χ1) is 20.4. The molecule has 0 amide bonds. The summed E-state index contributed by atoms with van der Waals surface area (Å²) in [5.41, 5.74) is 13.8. The summed E-state index contributed by atoms with van der Waals surface area (Å²) in [5.74, 6) is 1.11. The number of aryl methyl sites for hydroxylation is 2. The van der Waals surface area contributed by atoms with Crippen LogP contribution in [0, 0.1) is 13.8 Å². The van der Waals surface area contributed by atoms with Crippen LogP contribution in [-0.2, 0) is 0 Å². The number of nitrogen functional groups attached to an aromatic ring is 1. The Bertz CT molecular complexity index is 1730. The van der Waals surface area contributed by atoms with E-state index in [2.05, 4.69) is 93.1 Å². The van der Waals surface area contributed by atoms with Crippen LogP contribution in [0.1, 0.15) is 42.9 Å². The Labute approximate surface area is 246 Å². The summed E-state index contributed by atoms with van der Waals surface area (Å²) >= 11 is 0. The Morgan fingerprint density at radius 3 is 2.38 bits per heavy atom. The first-order valence-corrected chi connectivity index (χ1v) is 15.1. The molecular formula is C33H39N9. The molecule has 7 rings (SSSR count). The minimum Gasteiger partial charge on any atom is -0.383 e. The number of hydrogen-bond acceptors (Lipinski definition) is 8. The third-order valence-corrected chi connectivity index (χ3v) is 9.26. The Kier molecular flexibility index (Phi) is 6.99. The van der Waals surface area contributed by atoms with Gasteiger partial charge in [0.2, 0.25) is 5.95 Å². The monoisotopic (exact) mass is 561 g/mol. The van der Waals surface area contributed by atoms with Crippen molar-refractivity contribution in [3.05, 3.63) is 66.2 Å². The molecule has 0 radical (unpaired) electrons. The van der Waals surface area contributed by atoms with Crippen LogP contribution in [0.25, 0.3) is 33.1 Å². The first-order valence-electron chi connectivity index (χ1n) is 15.1. The predicted octanol–water partition coefficient (Wildman–Crippen LogP) is 5.72. The highest BCUT2D eigenvalue weighted by Crippen LogP contribution is 2.39. The smallest absolute Gasteiger partial charge is 0.227 e. The van der Waals surface area contributed by atoms with Crippen LogP contribution in [0.4, 0.5) is 17.5 Å². The zero-order chi connectivity index (χ0) is 28.8. The highest BCUT2D eigenvalue weighted by Gasteiger charge is 2.30. The molecule has 216 valence electrons. The van der Waals surface area contributed by atoms with Crippen molar-refractivity contribution in [1.82, 2.24) is 34.3 Å². The lowest BCUT2D eigenvalue weighted by Crippen LogP contribution is -2.49. The van der Waals surface area contributed by atoms with E-state index in [0.717, 1.165) is 51.6 Å². The molecule has 2 fully saturated rings. The normalized spacial score (nSPS) is 20.4. The van der Waals surface area contributed by atoms with Crippen LogP contribution in [0.3, 0.4) is 0 Å². The fourth-order valence-electron chi connectivity index (χ4n) is 6.90. The molecule has 5 aromatic rings. The maximum absolute atomic E-state index is 6.46. The third kappa shape index (κ3) is 5.07. The van der Waals surface area contributed by atoms with Crippen molar-refractivity contribution in [2.45, 2.75) is 51.6 Å².